The number of thiophene rings is 1. The van der Waals surface area contributed by atoms with Crippen molar-refractivity contribution in [3.63, 3.8) is 0 Å². The Morgan fingerprint density at radius 1 is 1.62 bits per heavy atom. The molecule has 0 spiro atoms. The Morgan fingerprint density at radius 2 is 2.50 bits per heavy atom. The molecule has 0 aromatic carbocycles. The molecule has 7 heteroatoms. The third-order valence-electron chi connectivity index (χ3n) is 1.85. The summed E-state index contributed by atoms with van der Waals surface area (Å²) in [4.78, 5) is 13.5. The van der Waals surface area contributed by atoms with Crippen molar-refractivity contribution in [3.8, 4) is 10.7 Å². The van der Waals surface area contributed by atoms with Gasteiger partial charge in [-0.25, -0.2) is 0 Å². The normalized spacial score (nSPS) is 10.3. The molecule has 0 unspecified atom stereocenters. The molecule has 84 valence electrons. The van der Waals surface area contributed by atoms with E-state index in [0.717, 1.165) is 4.88 Å². The quantitative estimate of drug-likeness (QED) is 0.842. The molecule has 1 N–H and O–H groups in total. The number of nitrogens with zero attached hydrogens (tertiary/aromatic N) is 4. The molecule has 6 nitrogen and oxygen atoms in total. The molecule has 2 heterocycles. The molecule has 16 heavy (non-hydrogen) atoms. The van der Waals surface area contributed by atoms with Crippen LogP contribution in [0, 0.1) is 0 Å². The van der Waals surface area contributed by atoms with Gasteiger partial charge in [0.2, 0.25) is 11.7 Å². The first kappa shape index (κ1) is 10.7. The van der Waals surface area contributed by atoms with Crippen LogP contribution in [0.5, 0.6) is 0 Å². The van der Waals surface area contributed by atoms with Gasteiger partial charge in [0, 0.05) is 6.54 Å². The number of nitrogens with one attached hydrogen (secondary N) is 1. The molecule has 1 amide bonds. The first-order valence-electron chi connectivity index (χ1n) is 4.88. The van der Waals surface area contributed by atoms with Crippen molar-refractivity contribution in [2.75, 3.05) is 6.54 Å². The van der Waals surface area contributed by atoms with Crippen molar-refractivity contribution in [2.45, 2.75) is 13.5 Å². The summed E-state index contributed by atoms with van der Waals surface area (Å²) in [7, 11) is 0. The minimum Gasteiger partial charge on any atom is -0.355 e. The van der Waals surface area contributed by atoms with Gasteiger partial charge in [0.1, 0.15) is 6.54 Å². The Kier molecular flexibility index (Phi) is 3.25. The fraction of sp³-hybridized carbons (Fsp3) is 0.333. The zero-order valence-corrected chi connectivity index (χ0v) is 9.57. The van der Waals surface area contributed by atoms with E-state index < -0.39 is 0 Å². The Labute approximate surface area is 96.3 Å². The minimum absolute atomic E-state index is 0.103. The van der Waals surface area contributed by atoms with Gasteiger partial charge in [-0.1, -0.05) is 6.07 Å². The summed E-state index contributed by atoms with van der Waals surface area (Å²) in [5, 5.41) is 16.4. The second-order valence-corrected chi connectivity index (χ2v) is 4.02. The van der Waals surface area contributed by atoms with E-state index in [1.807, 2.05) is 24.4 Å². The SMILES string of the molecule is CCNC(=O)Cn1nnc(-c2cccs2)n1. The molecule has 0 saturated heterocycles. The summed E-state index contributed by atoms with van der Waals surface area (Å²) in [5.41, 5.74) is 0. The zero-order chi connectivity index (χ0) is 11.4. The summed E-state index contributed by atoms with van der Waals surface area (Å²) in [6.45, 7) is 2.57. The van der Waals surface area contributed by atoms with Gasteiger partial charge >= 0.3 is 0 Å². The summed E-state index contributed by atoms with van der Waals surface area (Å²) in [6.07, 6.45) is 0. The predicted molar refractivity (Wildman–Crippen MR) is 59.8 cm³/mol. The van der Waals surface area contributed by atoms with E-state index in [9.17, 15) is 4.79 Å². The van der Waals surface area contributed by atoms with E-state index in [1.165, 1.54) is 16.1 Å². The van der Waals surface area contributed by atoms with Crippen LogP contribution in [0.4, 0.5) is 0 Å². The van der Waals surface area contributed by atoms with Crippen LogP contribution in [-0.4, -0.2) is 32.7 Å². The highest BCUT2D eigenvalue weighted by Gasteiger charge is 2.08. The molecule has 0 fully saturated rings. The number of aromatic nitrogens is 4. The summed E-state index contributed by atoms with van der Waals surface area (Å²) < 4.78 is 0. The number of carbonyl (C=O) groups is 1. The number of amides is 1. The Balaban J connectivity index is 2.06. The maximum Gasteiger partial charge on any atom is 0.243 e. The van der Waals surface area contributed by atoms with Crippen molar-refractivity contribution in [3.05, 3.63) is 17.5 Å². The second kappa shape index (κ2) is 4.84. The van der Waals surface area contributed by atoms with Crippen molar-refractivity contribution in [2.24, 2.45) is 0 Å². The van der Waals surface area contributed by atoms with Crippen molar-refractivity contribution in [1.82, 2.24) is 25.5 Å². The van der Waals surface area contributed by atoms with E-state index in [2.05, 4.69) is 20.7 Å². The zero-order valence-electron chi connectivity index (χ0n) is 8.75. The van der Waals surface area contributed by atoms with E-state index >= 15 is 0 Å². The third-order valence-corrected chi connectivity index (χ3v) is 2.72. The highest BCUT2D eigenvalue weighted by molar-refractivity contribution is 7.13. The molecule has 0 atom stereocenters. The van der Waals surface area contributed by atoms with Gasteiger partial charge in [0.05, 0.1) is 4.88 Å². The maximum atomic E-state index is 11.3. The van der Waals surface area contributed by atoms with Crippen molar-refractivity contribution < 1.29 is 4.79 Å². The first-order valence-corrected chi connectivity index (χ1v) is 5.76. The molecule has 0 bridgehead atoms. The number of carbonyl (C=O) groups excluding carboxylic acids is 1. The maximum absolute atomic E-state index is 11.3. The lowest BCUT2D eigenvalue weighted by molar-refractivity contribution is -0.121. The molecule has 0 aliphatic rings. The van der Waals surface area contributed by atoms with E-state index in [1.54, 1.807) is 0 Å². The first-order chi connectivity index (χ1) is 7.79. The van der Waals surface area contributed by atoms with Crippen LogP contribution >= 0.6 is 11.3 Å². The van der Waals surface area contributed by atoms with Crippen molar-refractivity contribution >= 4 is 17.2 Å². The van der Waals surface area contributed by atoms with Gasteiger partial charge in [-0.05, 0) is 23.6 Å². The van der Waals surface area contributed by atoms with E-state index in [4.69, 9.17) is 0 Å². The summed E-state index contributed by atoms with van der Waals surface area (Å²) >= 11 is 1.54. The molecule has 0 saturated carbocycles. The monoisotopic (exact) mass is 237 g/mol. The lowest BCUT2D eigenvalue weighted by Crippen LogP contribution is -2.28. The Bertz CT molecular complexity index is 464. The summed E-state index contributed by atoms with van der Waals surface area (Å²) in [6, 6.07) is 3.84. The van der Waals surface area contributed by atoms with Crippen LogP contribution in [0.1, 0.15) is 6.92 Å². The third kappa shape index (κ3) is 2.43. The average molecular weight is 237 g/mol. The molecule has 0 aliphatic carbocycles. The van der Waals surface area contributed by atoms with Crippen LogP contribution in [0.2, 0.25) is 0 Å². The number of likely N-dealkylation sites (N-methyl/N-ethyl adjacent to an activating group) is 1. The summed E-state index contributed by atoms with van der Waals surface area (Å²) in [5.74, 6) is 0.442. The van der Waals surface area contributed by atoms with Gasteiger partial charge in [0.15, 0.2) is 0 Å². The van der Waals surface area contributed by atoms with Gasteiger partial charge in [0.25, 0.3) is 0 Å². The largest absolute Gasteiger partial charge is 0.355 e. The molecular weight excluding hydrogens is 226 g/mol. The van der Waals surface area contributed by atoms with Crippen LogP contribution in [0.25, 0.3) is 10.7 Å². The highest BCUT2D eigenvalue weighted by atomic mass is 32.1. The molecule has 2 aromatic heterocycles. The van der Waals surface area contributed by atoms with Gasteiger partial charge in [-0.3, -0.25) is 4.79 Å². The lowest BCUT2D eigenvalue weighted by atomic mass is 10.5. The Morgan fingerprint density at radius 3 is 3.19 bits per heavy atom. The fourth-order valence-corrected chi connectivity index (χ4v) is 1.84. The van der Waals surface area contributed by atoms with Crippen LogP contribution in [0.3, 0.4) is 0 Å². The van der Waals surface area contributed by atoms with E-state index in [0.29, 0.717) is 12.4 Å². The Hall–Kier alpha value is -1.76. The number of hydrogen-bond acceptors (Lipinski definition) is 5. The van der Waals surface area contributed by atoms with Crippen LogP contribution < -0.4 is 5.32 Å². The average Bonchev–Trinajstić information content (AvgIpc) is 2.86. The van der Waals surface area contributed by atoms with Crippen LogP contribution in [0.15, 0.2) is 17.5 Å². The molecule has 0 aliphatic heterocycles. The van der Waals surface area contributed by atoms with Gasteiger partial charge < -0.3 is 5.32 Å². The van der Waals surface area contributed by atoms with Gasteiger partial charge in [-0.2, -0.15) is 4.80 Å². The number of tetrazole rings is 1. The number of rotatable bonds is 4. The molecule has 2 rings (SSSR count). The minimum atomic E-state index is -0.113. The van der Waals surface area contributed by atoms with Gasteiger partial charge in [-0.15, -0.1) is 21.5 Å². The highest BCUT2D eigenvalue weighted by Crippen LogP contribution is 2.19. The van der Waals surface area contributed by atoms with Crippen molar-refractivity contribution in [1.29, 1.82) is 0 Å². The standard InChI is InChI=1S/C9H11N5OS/c1-2-10-8(15)6-14-12-9(11-13-14)7-4-3-5-16-7/h3-5H,2,6H2,1H3,(H,10,15). The van der Waals surface area contributed by atoms with E-state index in [-0.39, 0.29) is 12.5 Å². The topological polar surface area (TPSA) is 72.7 Å². The molecule has 2 aromatic rings. The second-order valence-electron chi connectivity index (χ2n) is 3.07. The van der Waals surface area contributed by atoms with Crippen LogP contribution in [-0.2, 0) is 11.3 Å². The molecule has 0 radical (unpaired) electrons. The molecular formula is C9H11N5OS. The fourth-order valence-electron chi connectivity index (χ4n) is 1.20. The lowest BCUT2D eigenvalue weighted by Gasteiger charge is -1.98. The predicted octanol–water partition coefficient (Wildman–Crippen LogP) is 0.538. The smallest absolute Gasteiger partial charge is 0.243 e. The number of hydrogen-bond donors (Lipinski definition) is 1.